The Balaban J connectivity index is 1.44. The summed E-state index contributed by atoms with van der Waals surface area (Å²) in [6, 6.07) is 17.3. The molecule has 0 spiro atoms. The quantitative estimate of drug-likeness (QED) is 0.578. The highest BCUT2D eigenvalue weighted by Gasteiger charge is 2.10. The molecule has 0 fully saturated rings. The van der Waals surface area contributed by atoms with Crippen molar-refractivity contribution in [3.63, 3.8) is 0 Å². The van der Waals surface area contributed by atoms with Gasteiger partial charge in [-0.2, -0.15) is 4.68 Å². The lowest BCUT2D eigenvalue weighted by Gasteiger charge is -2.07. The maximum absolute atomic E-state index is 12.4. The van der Waals surface area contributed by atoms with Gasteiger partial charge in [-0.15, -0.1) is 16.4 Å². The van der Waals surface area contributed by atoms with Crippen LogP contribution >= 0.6 is 11.3 Å². The summed E-state index contributed by atoms with van der Waals surface area (Å²) in [6.07, 6.45) is 0.220. The predicted octanol–water partition coefficient (Wildman–Crippen LogP) is 3.28. The minimum atomic E-state index is -0.120. The van der Waals surface area contributed by atoms with Crippen molar-refractivity contribution in [3.8, 4) is 16.3 Å². The van der Waals surface area contributed by atoms with Crippen LogP contribution in [0.15, 0.2) is 60.0 Å². The van der Waals surface area contributed by atoms with Crippen molar-refractivity contribution in [3.05, 3.63) is 71.5 Å². The van der Waals surface area contributed by atoms with Crippen LogP contribution in [0.2, 0.25) is 0 Å². The van der Waals surface area contributed by atoms with Gasteiger partial charge < -0.3 is 5.32 Å². The number of carbonyl (C=O) groups excluding carboxylic acids is 1. The minimum Gasteiger partial charge on any atom is -0.326 e. The maximum atomic E-state index is 12.4. The molecule has 1 amide bonds. The van der Waals surface area contributed by atoms with Gasteiger partial charge in [-0.1, -0.05) is 36.4 Å². The standard InChI is InChI=1S/C19H16N6OS/c1-13-22-23-24-25(13)17-9-5-8-15(10-17)20-18(26)11-16-12-27-19(21-16)14-6-3-2-4-7-14/h2-10,12H,11H2,1H3,(H,20,26). The number of rotatable bonds is 5. The molecule has 0 unspecified atom stereocenters. The summed E-state index contributed by atoms with van der Waals surface area (Å²) in [6.45, 7) is 1.82. The van der Waals surface area contributed by atoms with Crippen molar-refractivity contribution in [2.24, 2.45) is 0 Å². The van der Waals surface area contributed by atoms with Gasteiger partial charge >= 0.3 is 0 Å². The lowest BCUT2D eigenvalue weighted by Crippen LogP contribution is -2.15. The lowest BCUT2D eigenvalue weighted by molar-refractivity contribution is -0.115. The third kappa shape index (κ3) is 3.90. The first-order chi connectivity index (χ1) is 13.2. The van der Waals surface area contributed by atoms with Gasteiger partial charge in [-0.3, -0.25) is 4.79 Å². The Bertz CT molecular complexity index is 1070. The number of hydrogen-bond donors (Lipinski definition) is 1. The van der Waals surface area contributed by atoms with Crippen LogP contribution in [-0.2, 0) is 11.2 Å². The molecule has 0 saturated carbocycles. The van der Waals surface area contributed by atoms with Gasteiger partial charge in [0, 0.05) is 16.6 Å². The van der Waals surface area contributed by atoms with Crippen molar-refractivity contribution in [2.75, 3.05) is 5.32 Å². The van der Waals surface area contributed by atoms with E-state index in [0.29, 0.717) is 11.5 Å². The average Bonchev–Trinajstić information content (AvgIpc) is 3.31. The predicted molar refractivity (Wildman–Crippen MR) is 104 cm³/mol. The summed E-state index contributed by atoms with van der Waals surface area (Å²) in [4.78, 5) is 17.0. The number of carbonyl (C=O) groups is 1. The van der Waals surface area contributed by atoms with Crippen LogP contribution in [0, 0.1) is 6.92 Å². The van der Waals surface area contributed by atoms with Gasteiger partial charge in [-0.05, 0) is 35.5 Å². The Morgan fingerprint density at radius 2 is 2.00 bits per heavy atom. The van der Waals surface area contributed by atoms with Crippen LogP contribution in [0.3, 0.4) is 0 Å². The fourth-order valence-electron chi connectivity index (χ4n) is 2.66. The van der Waals surface area contributed by atoms with Crippen LogP contribution in [0.25, 0.3) is 16.3 Å². The Labute approximate surface area is 159 Å². The molecule has 4 aromatic rings. The molecule has 0 radical (unpaired) electrons. The molecule has 4 rings (SSSR count). The number of tetrazole rings is 1. The second kappa shape index (κ2) is 7.46. The summed E-state index contributed by atoms with van der Waals surface area (Å²) >= 11 is 1.54. The van der Waals surface area contributed by atoms with Crippen molar-refractivity contribution in [1.29, 1.82) is 0 Å². The SMILES string of the molecule is Cc1nnnn1-c1cccc(NC(=O)Cc2csc(-c3ccccc3)n2)c1. The molecule has 0 aliphatic heterocycles. The van der Waals surface area contributed by atoms with Gasteiger partial charge in [0.2, 0.25) is 5.91 Å². The number of thiazole rings is 1. The van der Waals surface area contributed by atoms with Crippen molar-refractivity contribution >= 4 is 22.9 Å². The number of nitrogens with zero attached hydrogens (tertiary/aromatic N) is 5. The van der Waals surface area contributed by atoms with Crippen LogP contribution in [0.4, 0.5) is 5.69 Å². The summed E-state index contributed by atoms with van der Waals surface area (Å²) in [5.74, 6) is 0.555. The smallest absolute Gasteiger partial charge is 0.230 e. The first-order valence-electron chi connectivity index (χ1n) is 8.34. The molecule has 0 aliphatic carbocycles. The van der Waals surface area contributed by atoms with Gasteiger partial charge in [0.15, 0.2) is 5.82 Å². The number of amides is 1. The average molecular weight is 376 g/mol. The van der Waals surface area contributed by atoms with Crippen molar-refractivity contribution in [2.45, 2.75) is 13.3 Å². The minimum absolute atomic E-state index is 0.120. The van der Waals surface area contributed by atoms with Crippen LogP contribution in [-0.4, -0.2) is 31.1 Å². The Morgan fingerprint density at radius 1 is 1.15 bits per heavy atom. The summed E-state index contributed by atoms with van der Waals surface area (Å²) in [5, 5.41) is 17.2. The molecule has 7 nitrogen and oxygen atoms in total. The lowest BCUT2D eigenvalue weighted by atomic mass is 10.2. The second-order valence-electron chi connectivity index (χ2n) is 5.92. The Hall–Kier alpha value is -3.39. The number of benzene rings is 2. The van der Waals surface area contributed by atoms with Gasteiger partial charge in [-0.25, -0.2) is 4.98 Å². The maximum Gasteiger partial charge on any atom is 0.230 e. The first kappa shape index (κ1) is 17.0. The van der Waals surface area contributed by atoms with Crippen LogP contribution < -0.4 is 5.32 Å². The van der Waals surface area contributed by atoms with E-state index < -0.39 is 0 Å². The normalized spacial score (nSPS) is 10.7. The van der Waals surface area contributed by atoms with E-state index in [9.17, 15) is 4.79 Å². The highest BCUT2D eigenvalue weighted by Crippen LogP contribution is 2.23. The van der Waals surface area contributed by atoms with E-state index in [1.165, 1.54) is 11.3 Å². The zero-order chi connectivity index (χ0) is 18.6. The fraction of sp³-hybridized carbons (Fsp3) is 0.105. The number of aryl methyl sites for hydroxylation is 1. The molecular formula is C19H16N6OS. The molecule has 0 atom stereocenters. The molecule has 0 bridgehead atoms. The van der Waals surface area contributed by atoms with E-state index in [1.54, 1.807) is 4.68 Å². The molecule has 27 heavy (non-hydrogen) atoms. The number of nitrogens with one attached hydrogen (secondary N) is 1. The monoisotopic (exact) mass is 376 g/mol. The van der Waals surface area contributed by atoms with Gasteiger partial charge in [0.25, 0.3) is 0 Å². The zero-order valence-corrected chi connectivity index (χ0v) is 15.3. The molecule has 134 valence electrons. The third-order valence-electron chi connectivity index (χ3n) is 3.91. The highest BCUT2D eigenvalue weighted by atomic mass is 32.1. The topological polar surface area (TPSA) is 85.6 Å². The van der Waals surface area contributed by atoms with Gasteiger partial charge in [0.1, 0.15) is 5.01 Å². The molecular weight excluding hydrogens is 360 g/mol. The molecule has 0 saturated heterocycles. The van der Waals surface area contributed by atoms with Gasteiger partial charge in [0.05, 0.1) is 17.8 Å². The molecule has 2 aromatic heterocycles. The Kier molecular flexibility index (Phi) is 4.71. The largest absolute Gasteiger partial charge is 0.326 e. The molecule has 1 N–H and O–H groups in total. The first-order valence-corrected chi connectivity index (χ1v) is 9.22. The van der Waals surface area contributed by atoms with E-state index in [4.69, 9.17) is 0 Å². The zero-order valence-electron chi connectivity index (χ0n) is 14.5. The van der Waals surface area contributed by atoms with E-state index in [2.05, 4.69) is 25.8 Å². The molecule has 2 heterocycles. The summed E-state index contributed by atoms with van der Waals surface area (Å²) in [5.41, 5.74) is 3.28. The number of aromatic nitrogens is 5. The van der Waals surface area contributed by atoms with E-state index >= 15 is 0 Å². The van der Waals surface area contributed by atoms with E-state index in [1.807, 2.05) is 66.9 Å². The highest BCUT2D eigenvalue weighted by molar-refractivity contribution is 7.13. The molecule has 8 heteroatoms. The third-order valence-corrected chi connectivity index (χ3v) is 4.85. The van der Waals surface area contributed by atoms with Crippen molar-refractivity contribution < 1.29 is 4.79 Å². The van der Waals surface area contributed by atoms with Crippen LogP contribution in [0.1, 0.15) is 11.5 Å². The van der Waals surface area contributed by atoms with Crippen molar-refractivity contribution in [1.82, 2.24) is 25.2 Å². The second-order valence-corrected chi connectivity index (χ2v) is 6.78. The molecule has 2 aromatic carbocycles. The van der Waals surface area contributed by atoms with E-state index in [0.717, 1.165) is 22.0 Å². The number of hydrogen-bond acceptors (Lipinski definition) is 6. The van der Waals surface area contributed by atoms with E-state index in [-0.39, 0.29) is 12.3 Å². The van der Waals surface area contributed by atoms with Crippen LogP contribution in [0.5, 0.6) is 0 Å². The number of anilines is 1. The fourth-order valence-corrected chi connectivity index (χ4v) is 3.48. The summed E-state index contributed by atoms with van der Waals surface area (Å²) < 4.78 is 1.61. The molecule has 0 aliphatic rings. The Morgan fingerprint density at radius 3 is 2.78 bits per heavy atom. The summed E-state index contributed by atoms with van der Waals surface area (Å²) in [7, 11) is 0.